The van der Waals surface area contributed by atoms with Crippen LogP contribution in [-0.4, -0.2) is 95.5 Å². The SMILES string of the molecule is CN(C)CCNc1cc(F)cc(-c2ccnc3[nH]c(-c4n[nH]c5cnc(-c6cnc(S(C)(=O)=O)n6S(C)(=O)=O)cc45)cc23)c1. The number of pyridine rings is 2. The highest BCUT2D eigenvalue weighted by molar-refractivity contribution is 7.92. The van der Waals surface area contributed by atoms with E-state index in [0.29, 0.717) is 49.7 Å². The maximum atomic E-state index is 14.7. The number of hydrogen-bond donors (Lipinski definition) is 3. The first-order chi connectivity index (χ1) is 20.8. The molecule has 6 aromatic rings. The zero-order chi connectivity index (χ0) is 31.4. The summed E-state index contributed by atoms with van der Waals surface area (Å²) in [6.45, 7) is 1.44. The number of sulfone groups is 1. The van der Waals surface area contributed by atoms with Gasteiger partial charge in [0, 0.05) is 42.0 Å². The molecule has 6 rings (SSSR count). The second-order valence-electron chi connectivity index (χ2n) is 10.7. The predicted octanol–water partition coefficient (Wildman–Crippen LogP) is 3.36. The summed E-state index contributed by atoms with van der Waals surface area (Å²) in [6.07, 6.45) is 6.05. The lowest BCUT2D eigenvalue weighted by atomic mass is 10.0. The van der Waals surface area contributed by atoms with Crippen LogP contribution in [-0.2, 0) is 19.9 Å². The van der Waals surface area contributed by atoms with Crippen LogP contribution in [0.1, 0.15) is 0 Å². The summed E-state index contributed by atoms with van der Waals surface area (Å²) in [5.74, 6) is -0.374. The van der Waals surface area contributed by atoms with Crippen LogP contribution in [0.4, 0.5) is 10.1 Å². The number of nitrogens with one attached hydrogen (secondary N) is 3. The lowest BCUT2D eigenvalue weighted by molar-refractivity contribution is 0.425. The number of rotatable bonds is 9. The van der Waals surface area contributed by atoms with Crippen molar-refractivity contribution in [2.45, 2.75) is 5.16 Å². The highest BCUT2D eigenvalue weighted by atomic mass is 32.2. The van der Waals surface area contributed by atoms with E-state index in [1.165, 1.54) is 18.3 Å². The first-order valence-corrected chi connectivity index (χ1v) is 17.0. The molecule has 0 atom stereocenters. The molecular formula is C28H28FN9O4S2. The van der Waals surface area contributed by atoms with Crippen molar-refractivity contribution >= 4 is 47.5 Å². The number of imidazole rings is 1. The molecule has 16 heteroatoms. The second-order valence-corrected chi connectivity index (χ2v) is 14.4. The van der Waals surface area contributed by atoms with E-state index in [1.54, 1.807) is 12.3 Å². The lowest BCUT2D eigenvalue weighted by Gasteiger charge is -2.13. The van der Waals surface area contributed by atoms with Crippen LogP contribution in [0.2, 0.25) is 0 Å². The van der Waals surface area contributed by atoms with Gasteiger partial charge >= 0.3 is 0 Å². The number of halogens is 1. The second kappa shape index (κ2) is 10.8. The molecule has 0 aliphatic rings. The molecular weight excluding hydrogens is 609 g/mol. The number of aromatic nitrogens is 7. The molecule has 0 aliphatic carbocycles. The van der Waals surface area contributed by atoms with Gasteiger partial charge in [-0.25, -0.2) is 35.2 Å². The van der Waals surface area contributed by atoms with Gasteiger partial charge in [0.15, 0.2) is 0 Å². The Labute approximate surface area is 252 Å². The van der Waals surface area contributed by atoms with Crippen LogP contribution in [0, 0.1) is 5.82 Å². The summed E-state index contributed by atoms with van der Waals surface area (Å²) in [4.78, 5) is 18.0. The largest absolute Gasteiger partial charge is 0.384 e. The molecule has 228 valence electrons. The fourth-order valence-corrected chi connectivity index (χ4v) is 7.29. The van der Waals surface area contributed by atoms with Crippen LogP contribution in [0.3, 0.4) is 0 Å². The Kier molecular flexibility index (Phi) is 7.22. The van der Waals surface area contributed by atoms with Crippen LogP contribution in [0.15, 0.2) is 60.1 Å². The normalized spacial score (nSPS) is 12.5. The minimum Gasteiger partial charge on any atom is -0.384 e. The van der Waals surface area contributed by atoms with Gasteiger partial charge in [0.2, 0.25) is 25.0 Å². The number of anilines is 1. The van der Waals surface area contributed by atoms with Gasteiger partial charge in [-0.05, 0) is 61.6 Å². The van der Waals surface area contributed by atoms with Gasteiger partial charge in [0.1, 0.15) is 22.9 Å². The van der Waals surface area contributed by atoms with Crippen molar-refractivity contribution in [3.63, 3.8) is 0 Å². The zero-order valence-corrected chi connectivity index (χ0v) is 25.8. The molecule has 5 aromatic heterocycles. The van der Waals surface area contributed by atoms with E-state index < -0.39 is 25.0 Å². The average Bonchev–Trinajstić information content (AvgIpc) is 3.67. The number of hydrogen-bond acceptors (Lipinski definition) is 10. The molecule has 0 fully saturated rings. The monoisotopic (exact) mass is 637 g/mol. The van der Waals surface area contributed by atoms with Crippen molar-refractivity contribution in [1.29, 1.82) is 0 Å². The third-order valence-electron chi connectivity index (χ3n) is 6.95. The van der Waals surface area contributed by atoms with E-state index in [2.05, 4.69) is 35.5 Å². The van der Waals surface area contributed by atoms with Gasteiger partial charge in [0.25, 0.3) is 0 Å². The van der Waals surface area contributed by atoms with Crippen LogP contribution >= 0.6 is 0 Å². The van der Waals surface area contributed by atoms with E-state index in [0.717, 1.165) is 36.2 Å². The standard InChI is InChI=1S/C28H28FN9O4S2/c1-37(2)8-7-30-18-10-16(9-17(29)11-18)19-5-6-31-27-20(19)12-23(34-27)26-21-13-22(32-14-24(21)35-36-26)25-15-33-28(43(3,39)40)38(25)44(4,41)42/h5-6,9-15,30H,7-8H2,1-4H3,(H,31,34)(H,35,36). The topological polar surface area (TPSA) is 172 Å². The minimum absolute atomic E-state index is 0.0105. The third-order valence-corrected chi connectivity index (χ3v) is 9.05. The highest BCUT2D eigenvalue weighted by Gasteiger charge is 2.27. The molecule has 0 amide bonds. The van der Waals surface area contributed by atoms with E-state index in [1.807, 2.05) is 37.2 Å². The summed E-state index contributed by atoms with van der Waals surface area (Å²) in [7, 11) is -4.08. The number of benzene rings is 1. The van der Waals surface area contributed by atoms with Crippen LogP contribution in [0.5, 0.6) is 0 Å². The van der Waals surface area contributed by atoms with Crippen molar-refractivity contribution < 1.29 is 21.2 Å². The van der Waals surface area contributed by atoms with Gasteiger partial charge in [-0.1, -0.05) is 0 Å². The molecule has 0 aliphatic heterocycles. The van der Waals surface area contributed by atoms with Crippen molar-refractivity contribution in [2.75, 3.05) is 45.0 Å². The Bertz CT molecular complexity index is 2270. The Morgan fingerprint density at radius 2 is 1.77 bits per heavy atom. The summed E-state index contributed by atoms with van der Waals surface area (Å²) < 4.78 is 65.1. The Morgan fingerprint density at radius 3 is 2.50 bits per heavy atom. The highest BCUT2D eigenvalue weighted by Crippen LogP contribution is 2.35. The molecule has 0 saturated heterocycles. The number of aromatic amines is 2. The number of nitrogens with zero attached hydrogens (tertiary/aromatic N) is 6. The Balaban J connectivity index is 1.44. The smallest absolute Gasteiger partial charge is 0.241 e. The Morgan fingerprint density at radius 1 is 0.977 bits per heavy atom. The fraction of sp³-hybridized carbons (Fsp3) is 0.214. The number of H-pyrrole nitrogens is 2. The molecule has 0 spiro atoms. The Hall–Kier alpha value is -4.67. The van der Waals surface area contributed by atoms with E-state index in [4.69, 9.17) is 0 Å². The van der Waals surface area contributed by atoms with Gasteiger partial charge in [-0.15, -0.1) is 0 Å². The summed E-state index contributed by atoms with van der Waals surface area (Å²) in [5, 5.41) is 11.4. The van der Waals surface area contributed by atoms with E-state index in [-0.39, 0.29) is 17.2 Å². The van der Waals surface area contributed by atoms with Crippen molar-refractivity contribution in [1.82, 2.24) is 39.0 Å². The molecule has 3 N–H and O–H groups in total. The zero-order valence-electron chi connectivity index (χ0n) is 24.1. The van der Waals surface area contributed by atoms with Crippen LogP contribution in [0.25, 0.3) is 55.8 Å². The number of fused-ring (bicyclic) bond motifs is 2. The third kappa shape index (κ3) is 5.54. The molecule has 1 aromatic carbocycles. The molecule has 0 bridgehead atoms. The van der Waals surface area contributed by atoms with Gasteiger partial charge in [0.05, 0.1) is 35.6 Å². The lowest BCUT2D eigenvalue weighted by Crippen LogP contribution is -2.20. The van der Waals surface area contributed by atoms with Crippen molar-refractivity contribution in [3.8, 4) is 33.9 Å². The molecule has 0 radical (unpaired) electrons. The maximum Gasteiger partial charge on any atom is 0.241 e. The summed E-state index contributed by atoms with van der Waals surface area (Å²) >= 11 is 0. The molecule has 44 heavy (non-hydrogen) atoms. The van der Waals surface area contributed by atoms with Crippen LogP contribution < -0.4 is 5.32 Å². The molecule has 0 saturated carbocycles. The van der Waals surface area contributed by atoms with Gasteiger partial charge in [-0.3, -0.25) is 10.1 Å². The first-order valence-electron chi connectivity index (χ1n) is 13.3. The molecule has 13 nitrogen and oxygen atoms in total. The summed E-state index contributed by atoms with van der Waals surface area (Å²) in [6, 6.07) is 10.1. The van der Waals surface area contributed by atoms with Gasteiger partial charge in [-0.2, -0.15) is 5.10 Å². The first kappa shape index (κ1) is 29.4. The number of likely N-dealkylation sites (N-methyl/N-ethyl adjacent to an activating group) is 1. The maximum absolute atomic E-state index is 14.7. The molecule has 0 unspecified atom stereocenters. The van der Waals surface area contributed by atoms with Crippen molar-refractivity contribution in [2.24, 2.45) is 0 Å². The minimum atomic E-state index is -4.05. The quantitative estimate of drug-likeness (QED) is 0.214. The van der Waals surface area contributed by atoms with E-state index in [9.17, 15) is 21.2 Å². The predicted molar refractivity (Wildman–Crippen MR) is 166 cm³/mol. The van der Waals surface area contributed by atoms with E-state index >= 15 is 0 Å². The average molecular weight is 638 g/mol. The van der Waals surface area contributed by atoms with Crippen molar-refractivity contribution in [3.05, 3.63) is 60.8 Å². The fourth-order valence-electron chi connectivity index (χ4n) is 5.00. The summed E-state index contributed by atoms with van der Waals surface area (Å²) in [5.41, 5.74) is 4.47. The molecule has 5 heterocycles. The van der Waals surface area contributed by atoms with Gasteiger partial charge < -0.3 is 15.2 Å².